The number of carbonyl (C=O) groups is 1. The molecule has 1 amide bonds. The average molecular weight is 419 g/mol. The highest BCUT2D eigenvalue weighted by atomic mass is 19.4. The molecule has 0 spiro atoms. The van der Waals surface area contributed by atoms with Crippen LogP contribution >= 0.6 is 0 Å². The molecule has 1 saturated carbocycles. The summed E-state index contributed by atoms with van der Waals surface area (Å²) in [4.78, 5) is 29.5. The lowest BCUT2D eigenvalue weighted by atomic mass is 10.1. The fourth-order valence-corrected chi connectivity index (χ4v) is 3.74. The number of alkyl halides is 3. The number of aryl methyl sites for hydroxylation is 1. The summed E-state index contributed by atoms with van der Waals surface area (Å²) in [5, 5.41) is 7.12. The molecular formula is C20H20F3N5O2. The van der Waals surface area contributed by atoms with Gasteiger partial charge in [-0.05, 0) is 31.9 Å². The van der Waals surface area contributed by atoms with E-state index in [4.69, 9.17) is 0 Å². The van der Waals surface area contributed by atoms with Crippen LogP contribution < -0.4 is 11.0 Å². The first-order chi connectivity index (χ1) is 14.2. The van der Waals surface area contributed by atoms with Crippen molar-refractivity contribution in [2.45, 2.75) is 51.4 Å². The van der Waals surface area contributed by atoms with E-state index in [1.807, 2.05) is 0 Å². The van der Waals surface area contributed by atoms with Gasteiger partial charge in [0.05, 0.1) is 5.56 Å². The fourth-order valence-electron chi connectivity index (χ4n) is 3.74. The highest BCUT2D eigenvalue weighted by molar-refractivity contribution is 5.76. The molecular weight excluding hydrogens is 399 g/mol. The van der Waals surface area contributed by atoms with Crippen LogP contribution in [-0.4, -0.2) is 31.1 Å². The molecule has 158 valence electrons. The Hall–Kier alpha value is -3.17. The Balaban J connectivity index is 1.69. The van der Waals surface area contributed by atoms with Gasteiger partial charge in [-0.15, -0.1) is 5.10 Å². The summed E-state index contributed by atoms with van der Waals surface area (Å²) in [5.41, 5.74) is -0.203. The lowest BCUT2D eigenvalue weighted by molar-refractivity contribution is -0.137. The summed E-state index contributed by atoms with van der Waals surface area (Å²) < 4.78 is 40.8. The summed E-state index contributed by atoms with van der Waals surface area (Å²) >= 11 is 0. The molecule has 4 rings (SSSR count). The van der Waals surface area contributed by atoms with E-state index in [1.54, 1.807) is 13.0 Å². The lowest BCUT2D eigenvalue weighted by Crippen LogP contribution is -2.37. The van der Waals surface area contributed by atoms with Gasteiger partial charge in [0.1, 0.15) is 12.4 Å². The van der Waals surface area contributed by atoms with Crippen LogP contribution in [0.5, 0.6) is 0 Å². The number of hydrogen-bond donors (Lipinski definition) is 1. The summed E-state index contributed by atoms with van der Waals surface area (Å²) in [6, 6.07) is 6.12. The molecule has 1 aliphatic carbocycles. The molecule has 0 bridgehead atoms. The van der Waals surface area contributed by atoms with Crippen molar-refractivity contribution >= 4 is 11.6 Å². The molecule has 2 heterocycles. The molecule has 2 aromatic heterocycles. The van der Waals surface area contributed by atoms with Crippen molar-refractivity contribution in [2.24, 2.45) is 0 Å². The van der Waals surface area contributed by atoms with Crippen molar-refractivity contribution in [1.29, 1.82) is 0 Å². The van der Waals surface area contributed by atoms with Crippen LogP contribution in [0.3, 0.4) is 0 Å². The third-order valence-electron chi connectivity index (χ3n) is 5.18. The van der Waals surface area contributed by atoms with Gasteiger partial charge in [0.25, 0.3) is 0 Å². The van der Waals surface area contributed by atoms with Crippen LogP contribution in [-0.2, 0) is 17.5 Å². The Kier molecular flexibility index (Phi) is 5.08. The first kappa shape index (κ1) is 20.1. The minimum Gasteiger partial charge on any atom is -0.352 e. The third kappa shape index (κ3) is 3.94. The van der Waals surface area contributed by atoms with Crippen LogP contribution in [0.4, 0.5) is 13.2 Å². The van der Waals surface area contributed by atoms with Crippen LogP contribution in [0.15, 0.2) is 35.1 Å². The number of hydrogen-bond acceptors (Lipinski definition) is 4. The Morgan fingerprint density at radius 2 is 1.87 bits per heavy atom. The molecule has 0 unspecified atom stereocenters. The summed E-state index contributed by atoms with van der Waals surface area (Å²) in [6.45, 7) is 1.46. The van der Waals surface area contributed by atoms with E-state index in [-0.39, 0.29) is 30.0 Å². The molecule has 3 aromatic rings. The van der Waals surface area contributed by atoms with Crippen molar-refractivity contribution in [3.05, 3.63) is 52.1 Å². The van der Waals surface area contributed by atoms with Gasteiger partial charge < -0.3 is 5.32 Å². The van der Waals surface area contributed by atoms with Crippen LogP contribution in [0, 0.1) is 6.92 Å². The molecule has 1 fully saturated rings. The molecule has 1 aliphatic rings. The van der Waals surface area contributed by atoms with E-state index < -0.39 is 17.4 Å². The summed E-state index contributed by atoms with van der Waals surface area (Å²) in [5.74, 6) is -0.126. The second-order valence-corrected chi connectivity index (χ2v) is 7.48. The zero-order valence-corrected chi connectivity index (χ0v) is 16.2. The number of nitrogens with one attached hydrogen (secondary N) is 1. The SMILES string of the molecule is Cc1cc2nn(CC(=O)NC3CCCC3)c(=O)n2c(-c2ccc(C(F)(F)F)cc2)n1. The second kappa shape index (κ2) is 7.58. The number of carbonyl (C=O) groups excluding carboxylic acids is 1. The Bertz CT molecular complexity index is 1140. The molecule has 10 heteroatoms. The lowest BCUT2D eigenvalue weighted by Gasteiger charge is -2.11. The predicted octanol–water partition coefficient (Wildman–Crippen LogP) is 2.94. The zero-order valence-electron chi connectivity index (χ0n) is 16.2. The zero-order chi connectivity index (χ0) is 21.5. The van der Waals surface area contributed by atoms with Crippen molar-refractivity contribution in [1.82, 2.24) is 24.5 Å². The Morgan fingerprint density at radius 3 is 2.50 bits per heavy atom. The van der Waals surface area contributed by atoms with E-state index in [0.29, 0.717) is 11.3 Å². The number of benzene rings is 1. The van der Waals surface area contributed by atoms with Gasteiger partial charge >= 0.3 is 11.9 Å². The maximum atomic E-state index is 12.9. The number of fused-ring (bicyclic) bond motifs is 1. The van der Waals surface area contributed by atoms with Crippen LogP contribution in [0.25, 0.3) is 17.0 Å². The second-order valence-electron chi connectivity index (χ2n) is 7.48. The molecule has 0 atom stereocenters. The number of amides is 1. The first-order valence-corrected chi connectivity index (χ1v) is 9.66. The summed E-state index contributed by atoms with van der Waals surface area (Å²) in [7, 11) is 0. The molecule has 0 radical (unpaired) electrons. The number of nitrogens with zero attached hydrogens (tertiary/aromatic N) is 4. The molecule has 7 nitrogen and oxygen atoms in total. The molecule has 1 N–H and O–H groups in total. The molecule has 0 aliphatic heterocycles. The van der Waals surface area contributed by atoms with Crippen molar-refractivity contribution < 1.29 is 18.0 Å². The number of aromatic nitrogens is 4. The van der Waals surface area contributed by atoms with Crippen LogP contribution in [0.1, 0.15) is 36.9 Å². The van der Waals surface area contributed by atoms with Gasteiger partial charge in [0, 0.05) is 23.4 Å². The van der Waals surface area contributed by atoms with E-state index in [9.17, 15) is 22.8 Å². The van der Waals surface area contributed by atoms with Crippen molar-refractivity contribution in [2.75, 3.05) is 0 Å². The van der Waals surface area contributed by atoms with Gasteiger partial charge in [-0.3, -0.25) is 4.79 Å². The largest absolute Gasteiger partial charge is 0.416 e. The fraction of sp³-hybridized carbons (Fsp3) is 0.400. The first-order valence-electron chi connectivity index (χ1n) is 9.66. The Morgan fingerprint density at radius 1 is 1.20 bits per heavy atom. The number of halogens is 3. The van der Waals surface area contributed by atoms with Gasteiger partial charge in [-0.25, -0.2) is 18.9 Å². The molecule has 0 saturated heterocycles. The maximum absolute atomic E-state index is 12.9. The highest BCUT2D eigenvalue weighted by Gasteiger charge is 2.30. The predicted molar refractivity (Wildman–Crippen MR) is 103 cm³/mol. The van der Waals surface area contributed by atoms with E-state index >= 15 is 0 Å². The topological polar surface area (TPSA) is 81.3 Å². The van der Waals surface area contributed by atoms with E-state index in [2.05, 4.69) is 15.4 Å². The smallest absolute Gasteiger partial charge is 0.352 e. The molecule has 30 heavy (non-hydrogen) atoms. The minimum absolute atomic E-state index is 0.122. The normalized spacial score (nSPS) is 15.1. The van der Waals surface area contributed by atoms with Gasteiger partial charge in [0.2, 0.25) is 5.91 Å². The van der Waals surface area contributed by atoms with E-state index in [0.717, 1.165) is 42.5 Å². The standard InChI is InChI=1S/C20H20F3N5O2/c1-12-10-16-26-27(11-17(29)25-15-4-2-3-5-15)19(30)28(16)18(24-12)13-6-8-14(9-7-13)20(21,22)23/h6-10,15H,2-5,11H2,1H3,(H,25,29). The van der Waals surface area contributed by atoms with Crippen LogP contribution in [0.2, 0.25) is 0 Å². The third-order valence-corrected chi connectivity index (χ3v) is 5.18. The number of rotatable bonds is 4. The van der Waals surface area contributed by atoms with E-state index in [1.165, 1.54) is 16.5 Å². The summed E-state index contributed by atoms with van der Waals surface area (Å²) in [6.07, 6.45) is -0.469. The maximum Gasteiger partial charge on any atom is 0.416 e. The van der Waals surface area contributed by atoms with Gasteiger partial charge in [-0.2, -0.15) is 13.2 Å². The Labute approximate surface area is 169 Å². The van der Waals surface area contributed by atoms with Gasteiger partial charge in [-0.1, -0.05) is 25.0 Å². The molecule has 1 aromatic carbocycles. The highest BCUT2D eigenvalue weighted by Crippen LogP contribution is 2.30. The minimum atomic E-state index is -4.46. The van der Waals surface area contributed by atoms with Crippen molar-refractivity contribution in [3.8, 4) is 11.4 Å². The van der Waals surface area contributed by atoms with Gasteiger partial charge in [0.15, 0.2) is 5.65 Å². The van der Waals surface area contributed by atoms with Crippen molar-refractivity contribution in [3.63, 3.8) is 0 Å². The monoisotopic (exact) mass is 419 g/mol. The average Bonchev–Trinajstić information content (AvgIpc) is 3.29. The quantitative estimate of drug-likeness (QED) is 0.705.